The lowest BCUT2D eigenvalue weighted by atomic mass is 10.1. The number of nitriles is 1. The maximum absolute atomic E-state index is 8.74. The predicted octanol–water partition coefficient (Wildman–Crippen LogP) is 2.20. The number of hydrogen-bond donors (Lipinski definition) is 1. The smallest absolute Gasteiger partial charge is 0.0670 e. The highest BCUT2D eigenvalue weighted by atomic mass is 16.5. The Bertz CT molecular complexity index is 424. The Morgan fingerprint density at radius 1 is 1.44 bits per heavy atom. The van der Waals surface area contributed by atoms with Crippen LogP contribution in [0.25, 0.3) is 0 Å². The highest BCUT2D eigenvalue weighted by Crippen LogP contribution is 2.20. The third-order valence-corrected chi connectivity index (χ3v) is 2.71. The molecule has 1 aromatic carbocycles. The number of hydrogen-bond acceptors (Lipinski definition) is 4. The van der Waals surface area contributed by atoms with Crippen molar-refractivity contribution in [1.82, 2.24) is 0 Å². The van der Waals surface area contributed by atoms with E-state index in [1.54, 1.807) is 0 Å². The van der Waals surface area contributed by atoms with Gasteiger partial charge in [0.1, 0.15) is 0 Å². The van der Waals surface area contributed by atoms with Crippen molar-refractivity contribution in [1.29, 1.82) is 5.26 Å². The summed E-state index contributed by atoms with van der Waals surface area (Å²) in [5, 5.41) is 8.74. The van der Waals surface area contributed by atoms with E-state index in [2.05, 4.69) is 11.0 Å². The van der Waals surface area contributed by atoms with Crippen molar-refractivity contribution in [3.63, 3.8) is 0 Å². The molecule has 4 heteroatoms. The Kier molecular flexibility index (Phi) is 5.47. The fourth-order valence-electron chi connectivity index (χ4n) is 1.62. The van der Waals surface area contributed by atoms with Crippen LogP contribution in [0.2, 0.25) is 0 Å². The summed E-state index contributed by atoms with van der Waals surface area (Å²) in [6, 6.07) is 7.90. The van der Waals surface area contributed by atoms with E-state index in [9.17, 15) is 0 Å². The molecule has 0 saturated carbocycles. The van der Waals surface area contributed by atoms with Crippen LogP contribution in [0, 0.1) is 11.3 Å². The predicted molar refractivity (Wildman–Crippen MR) is 74.5 cm³/mol. The molecule has 2 N–H and O–H groups in total. The first kappa shape index (κ1) is 14.3. The normalized spacial score (nSPS) is 10.4. The summed E-state index contributed by atoms with van der Waals surface area (Å²) in [6.07, 6.45) is 0.592. The average molecular weight is 247 g/mol. The zero-order chi connectivity index (χ0) is 13.5. The summed E-state index contributed by atoms with van der Waals surface area (Å²) in [5.74, 6) is 0. The highest BCUT2D eigenvalue weighted by Gasteiger charge is 2.05. The summed E-state index contributed by atoms with van der Waals surface area (Å²) in [6.45, 7) is 5.54. The van der Waals surface area contributed by atoms with Crippen molar-refractivity contribution >= 4 is 11.4 Å². The Balaban J connectivity index is 2.65. The van der Waals surface area contributed by atoms with Gasteiger partial charge in [-0.05, 0) is 37.6 Å². The molecule has 0 amide bonds. The minimum Gasteiger partial charge on any atom is -0.398 e. The summed E-state index contributed by atoms with van der Waals surface area (Å²) in [4.78, 5) is 2.10. The monoisotopic (exact) mass is 247 g/mol. The Morgan fingerprint density at radius 2 is 2.17 bits per heavy atom. The number of ether oxygens (including phenoxy) is 1. The van der Waals surface area contributed by atoms with E-state index in [4.69, 9.17) is 15.7 Å². The first-order valence-electron chi connectivity index (χ1n) is 6.12. The largest absolute Gasteiger partial charge is 0.398 e. The van der Waals surface area contributed by atoms with Crippen LogP contribution in [0.3, 0.4) is 0 Å². The SMILES string of the molecule is CC(C)OCCN(C)c1ccc(N)c(CC#N)c1. The standard InChI is InChI=1S/C14H21N3O/c1-11(2)18-9-8-17(3)13-4-5-14(16)12(10-13)6-7-15/h4-5,10-11H,6,8-9,16H2,1-3H3. The van der Waals surface area contributed by atoms with E-state index < -0.39 is 0 Å². The van der Waals surface area contributed by atoms with Gasteiger partial charge in [0.2, 0.25) is 0 Å². The maximum atomic E-state index is 8.74. The number of benzene rings is 1. The van der Waals surface area contributed by atoms with E-state index in [-0.39, 0.29) is 6.10 Å². The molecule has 0 bridgehead atoms. The van der Waals surface area contributed by atoms with E-state index in [1.165, 1.54) is 0 Å². The number of likely N-dealkylation sites (N-methyl/N-ethyl adjacent to an activating group) is 1. The van der Waals surface area contributed by atoms with Crippen molar-refractivity contribution in [3.8, 4) is 6.07 Å². The van der Waals surface area contributed by atoms with Crippen LogP contribution in [-0.4, -0.2) is 26.3 Å². The van der Waals surface area contributed by atoms with Crippen LogP contribution >= 0.6 is 0 Å². The minimum atomic E-state index is 0.249. The second-order valence-electron chi connectivity index (χ2n) is 4.56. The second kappa shape index (κ2) is 6.87. The number of nitrogens with zero attached hydrogens (tertiary/aromatic N) is 2. The van der Waals surface area contributed by atoms with E-state index in [0.29, 0.717) is 18.7 Å². The number of nitrogens with two attached hydrogens (primary N) is 1. The van der Waals surface area contributed by atoms with E-state index >= 15 is 0 Å². The van der Waals surface area contributed by atoms with Crippen molar-refractivity contribution in [2.24, 2.45) is 0 Å². The molecule has 1 rings (SSSR count). The van der Waals surface area contributed by atoms with Crippen LogP contribution in [0.15, 0.2) is 18.2 Å². The Morgan fingerprint density at radius 3 is 2.78 bits per heavy atom. The fraction of sp³-hybridized carbons (Fsp3) is 0.500. The van der Waals surface area contributed by atoms with Gasteiger partial charge in [-0.2, -0.15) is 5.26 Å². The fourth-order valence-corrected chi connectivity index (χ4v) is 1.62. The molecule has 0 radical (unpaired) electrons. The summed E-state index contributed by atoms with van der Waals surface area (Å²) < 4.78 is 5.52. The molecule has 0 saturated heterocycles. The van der Waals surface area contributed by atoms with Crippen LogP contribution in [0.1, 0.15) is 19.4 Å². The second-order valence-corrected chi connectivity index (χ2v) is 4.56. The summed E-state index contributed by atoms with van der Waals surface area (Å²) >= 11 is 0. The van der Waals surface area contributed by atoms with Crippen molar-refractivity contribution in [2.45, 2.75) is 26.4 Å². The van der Waals surface area contributed by atoms with Gasteiger partial charge in [0, 0.05) is 25.0 Å². The van der Waals surface area contributed by atoms with Gasteiger partial charge < -0.3 is 15.4 Å². The molecule has 1 aromatic rings. The molecule has 0 aromatic heterocycles. The zero-order valence-corrected chi connectivity index (χ0v) is 11.3. The number of anilines is 2. The molecule has 0 aliphatic rings. The third kappa shape index (κ3) is 4.27. The third-order valence-electron chi connectivity index (χ3n) is 2.71. The van der Waals surface area contributed by atoms with Crippen molar-refractivity contribution in [2.75, 3.05) is 30.8 Å². The summed E-state index contributed by atoms with van der Waals surface area (Å²) in [7, 11) is 2.01. The topological polar surface area (TPSA) is 62.3 Å². The molecule has 0 spiro atoms. The Hall–Kier alpha value is -1.73. The molecule has 4 nitrogen and oxygen atoms in total. The molecular formula is C14H21N3O. The maximum Gasteiger partial charge on any atom is 0.0670 e. The molecular weight excluding hydrogens is 226 g/mol. The van der Waals surface area contributed by atoms with Crippen LogP contribution in [0.5, 0.6) is 0 Å². The molecule has 0 atom stereocenters. The van der Waals surface area contributed by atoms with Gasteiger partial charge in [0.05, 0.1) is 25.2 Å². The van der Waals surface area contributed by atoms with E-state index in [0.717, 1.165) is 17.8 Å². The van der Waals surface area contributed by atoms with Gasteiger partial charge in [-0.25, -0.2) is 0 Å². The van der Waals surface area contributed by atoms with Crippen LogP contribution in [0.4, 0.5) is 11.4 Å². The lowest BCUT2D eigenvalue weighted by molar-refractivity contribution is 0.0846. The summed E-state index contributed by atoms with van der Waals surface area (Å²) in [5.41, 5.74) is 8.43. The van der Waals surface area contributed by atoms with Gasteiger partial charge in [-0.15, -0.1) is 0 Å². The molecule has 0 aliphatic carbocycles. The van der Waals surface area contributed by atoms with Crippen molar-refractivity contribution in [3.05, 3.63) is 23.8 Å². The molecule has 0 aliphatic heterocycles. The van der Waals surface area contributed by atoms with E-state index in [1.807, 2.05) is 39.1 Å². The molecule has 0 fully saturated rings. The van der Waals surface area contributed by atoms with Gasteiger partial charge >= 0.3 is 0 Å². The van der Waals surface area contributed by atoms with Crippen LogP contribution < -0.4 is 10.6 Å². The zero-order valence-electron chi connectivity index (χ0n) is 11.3. The number of rotatable bonds is 6. The lowest BCUT2D eigenvalue weighted by Gasteiger charge is -2.21. The van der Waals surface area contributed by atoms with Gasteiger partial charge in [-0.3, -0.25) is 0 Å². The quantitative estimate of drug-likeness (QED) is 0.783. The lowest BCUT2D eigenvalue weighted by Crippen LogP contribution is -2.24. The highest BCUT2D eigenvalue weighted by molar-refractivity contribution is 5.58. The van der Waals surface area contributed by atoms with Gasteiger partial charge in [0.15, 0.2) is 0 Å². The molecule has 0 heterocycles. The van der Waals surface area contributed by atoms with Crippen LogP contribution in [-0.2, 0) is 11.2 Å². The molecule has 18 heavy (non-hydrogen) atoms. The van der Waals surface area contributed by atoms with Crippen molar-refractivity contribution < 1.29 is 4.74 Å². The first-order chi connectivity index (χ1) is 8.54. The number of nitrogen functional groups attached to an aromatic ring is 1. The molecule has 0 unspecified atom stereocenters. The van der Waals surface area contributed by atoms with Gasteiger partial charge in [0.25, 0.3) is 0 Å². The minimum absolute atomic E-state index is 0.249. The first-order valence-corrected chi connectivity index (χ1v) is 6.12. The average Bonchev–Trinajstić information content (AvgIpc) is 2.31. The Labute approximate surface area is 109 Å². The molecule has 98 valence electrons. The van der Waals surface area contributed by atoms with Gasteiger partial charge in [-0.1, -0.05) is 0 Å².